The third kappa shape index (κ3) is 1.27. The van der Waals surface area contributed by atoms with Crippen molar-refractivity contribution >= 4 is 16.7 Å². The first-order chi connectivity index (χ1) is 6.76. The topological polar surface area (TPSA) is 39.2 Å². The zero-order valence-electron chi connectivity index (χ0n) is 8.63. The summed E-state index contributed by atoms with van der Waals surface area (Å²) in [5.41, 5.74) is 8.81. The molecule has 0 amide bonds. The van der Waals surface area contributed by atoms with Crippen molar-refractivity contribution in [2.24, 2.45) is 0 Å². The van der Waals surface area contributed by atoms with Crippen LogP contribution in [0.15, 0.2) is 22.6 Å². The Hall–Kier alpha value is -1.44. The van der Waals surface area contributed by atoms with Gasteiger partial charge in [-0.1, -0.05) is 13.8 Å². The van der Waals surface area contributed by atoms with Crippen LogP contribution in [0.4, 0.5) is 5.69 Å². The molecule has 1 aromatic heterocycles. The van der Waals surface area contributed by atoms with E-state index in [1.165, 1.54) is 10.9 Å². The molecular weight excluding hydrogens is 174 g/mol. The molecule has 14 heavy (non-hydrogen) atoms. The van der Waals surface area contributed by atoms with Gasteiger partial charge in [0, 0.05) is 23.1 Å². The van der Waals surface area contributed by atoms with Gasteiger partial charge in [-0.3, -0.25) is 0 Å². The van der Waals surface area contributed by atoms with E-state index in [1.807, 2.05) is 18.2 Å². The fourth-order valence-corrected chi connectivity index (χ4v) is 1.89. The number of fused-ring (bicyclic) bond motifs is 1. The molecule has 0 saturated heterocycles. The number of anilines is 1. The van der Waals surface area contributed by atoms with Crippen molar-refractivity contribution in [3.8, 4) is 0 Å². The molecule has 2 N–H and O–H groups in total. The first-order valence-electron chi connectivity index (χ1n) is 5.06. The van der Waals surface area contributed by atoms with Gasteiger partial charge in [-0.25, -0.2) is 0 Å². The SMILES string of the molecule is CCc1oc2ccc(N)cc2c1CC. The lowest BCUT2D eigenvalue weighted by Gasteiger charge is -1.95. The minimum Gasteiger partial charge on any atom is -0.461 e. The normalized spacial score (nSPS) is 11.0. The lowest BCUT2D eigenvalue weighted by Crippen LogP contribution is -1.86. The van der Waals surface area contributed by atoms with Gasteiger partial charge in [0.15, 0.2) is 0 Å². The summed E-state index contributed by atoms with van der Waals surface area (Å²) in [6, 6.07) is 5.82. The maximum absolute atomic E-state index is 5.76. The number of hydrogen-bond donors (Lipinski definition) is 1. The summed E-state index contributed by atoms with van der Waals surface area (Å²) in [6.07, 6.45) is 1.94. The largest absolute Gasteiger partial charge is 0.461 e. The van der Waals surface area contributed by atoms with Gasteiger partial charge >= 0.3 is 0 Å². The third-order valence-electron chi connectivity index (χ3n) is 2.57. The highest BCUT2D eigenvalue weighted by Gasteiger charge is 2.10. The summed E-state index contributed by atoms with van der Waals surface area (Å²) in [7, 11) is 0. The molecule has 0 atom stereocenters. The number of aryl methyl sites for hydroxylation is 2. The molecule has 0 radical (unpaired) electrons. The quantitative estimate of drug-likeness (QED) is 0.737. The molecule has 1 aromatic carbocycles. The second-order valence-electron chi connectivity index (χ2n) is 3.47. The molecule has 0 unspecified atom stereocenters. The zero-order chi connectivity index (χ0) is 10.1. The van der Waals surface area contributed by atoms with Crippen molar-refractivity contribution in [3.63, 3.8) is 0 Å². The van der Waals surface area contributed by atoms with E-state index in [1.54, 1.807) is 0 Å². The van der Waals surface area contributed by atoms with E-state index in [-0.39, 0.29) is 0 Å². The minimum absolute atomic E-state index is 0.802. The van der Waals surface area contributed by atoms with E-state index in [4.69, 9.17) is 10.2 Å². The van der Waals surface area contributed by atoms with E-state index in [9.17, 15) is 0 Å². The van der Waals surface area contributed by atoms with Gasteiger partial charge in [0.05, 0.1) is 0 Å². The van der Waals surface area contributed by atoms with Gasteiger partial charge in [0.25, 0.3) is 0 Å². The second-order valence-corrected chi connectivity index (χ2v) is 3.47. The van der Waals surface area contributed by atoms with E-state index in [2.05, 4.69) is 13.8 Å². The van der Waals surface area contributed by atoms with Crippen LogP contribution in [0.1, 0.15) is 25.2 Å². The lowest BCUT2D eigenvalue weighted by molar-refractivity contribution is 0.551. The molecule has 2 nitrogen and oxygen atoms in total. The van der Waals surface area contributed by atoms with Crippen LogP contribution in [0.3, 0.4) is 0 Å². The van der Waals surface area contributed by atoms with Crippen molar-refractivity contribution in [1.82, 2.24) is 0 Å². The van der Waals surface area contributed by atoms with Crippen LogP contribution in [-0.2, 0) is 12.8 Å². The van der Waals surface area contributed by atoms with Crippen LogP contribution in [0.2, 0.25) is 0 Å². The number of rotatable bonds is 2. The van der Waals surface area contributed by atoms with Gasteiger partial charge in [-0.15, -0.1) is 0 Å². The van der Waals surface area contributed by atoms with E-state index < -0.39 is 0 Å². The minimum atomic E-state index is 0.802. The number of nitrogens with two attached hydrogens (primary N) is 1. The average molecular weight is 189 g/mol. The molecule has 0 aliphatic carbocycles. The van der Waals surface area contributed by atoms with Gasteiger partial charge in [-0.2, -0.15) is 0 Å². The highest BCUT2D eigenvalue weighted by atomic mass is 16.3. The van der Waals surface area contributed by atoms with Crippen molar-refractivity contribution in [3.05, 3.63) is 29.5 Å². The monoisotopic (exact) mass is 189 g/mol. The van der Waals surface area contributed by atoms with Gasteiger partial charge in [-0.05, 0) is 24.6 Å². The Morgan fingerprint density at radius 2 is 2.00 bits per heavy atom. The Balaban J connectivity index is 2.74. The smallest absolute Gasteiger partial charge is 0.134 e. The molecular formula is C12H15NO. The Labute approximate surface area is 83.7 Å². The molecule has 0 aliphatic rings. The summed E-state index contributed by atoms with van der Waals surface area (Å²) < 4.78 is 5.74. The van der Waals surface area contributed by atoms with Gasteiger partial charge in [0.2, 0.25) is 0 Å². The number of furan rings is 1. The van der Waals surface area contributed by atoms with Crippen molar-refractivity contribution in [2.45, 2.75) is 26.7 Å². The molecule has 0 saturated carbocycles. The molecule has 1 heterocycles. The van der Waals surface area contributed by atoms with Crippen molar-refractivity contribution < 1.29 is 4.42 Å². The summed E-state index contributed by atoms with van der Waals surface area (Å²) in [5.74, 6) is 1.09. The molecule has 2 heteroatoms. The van der Waals surface area contributed by atoms with Crippen LogP contribution in [0, 0.1) is 0 Å². The molecule has 0 spiro atoms. The van der Waals surface area contributed by atoms with Crippen LogP contribution < -0.4 is 5.73 Å². The average Bonchev–Trinajstić information content (AvgIpc) is 2.54. The molecule has 0 aliphatic heterocycles. The molecule has 74 valence electrons. The fourth-order valence-electron chi connectivity index (χ4n) is 1.89. The molecule has 0 bridgehead atoms. The number of nitrogen functional groups attached to an aromatic ring is 1. The summed E-state index contributed by atoms with van der Waals surface area (Å²) in [5, 5.41) is 1.17. The number of hydrogen-bond acceptors (Lipinski definition) is 2. The number of benzene rings is 1. The lowest BCUT2D eigenvalue weighted by atomic mass is 10.1. The standard InChI is InChI=1S/C12H15NO/c1-3-9-10-7-8(13)5-6-12(10)14-11(9)4-2/h5-7H,3-4,13H2,1-2H3. The Bertz CT molecular complexity index is 457. The van der Waals surface area contributed by atoms with Crippen LogP contribution in [0.25, 0.3) is 11.0 Å². The highest BCUT2D eigenvalue weighted by molar-refractivity contribution is 5.85. The Morgan fingerprint density at radius 1 is 1.21 bits per heavy atom. The van der Waals surface area contributed by atoms with Crippen molar-refractivity contribution in [2.75, 3.05) is 5.73 Å². The fraction of sp³-hybridized carbons (Fsp3) is 0.333. The first-order valence-corrected chi connectivity index (χ1v) is 5.06. The molecule has 2 rings (SSSR count). The maximum atomic E-state index is 5.76. The highest BCUT2D eigenvalue weighted by Crippen LogP contribution is 2.28. The predicted molar refractivity (Wildman–Crippen MR) is 59.4 cm³/mol. The second kappa shape index (κ2) is 3.37. The van der Waals surface area contributed by atoms with E-state index in [0.717, 1.165) is 29.9 Å². The summed E-state index contributed by atoms with van der Waals surface area (Å²) >= 11 is 0. The summed E-state index contributed by atoms with van der Waals surface area (Å²) in [4.78, 5) is 0. The Kier molecular flexibility index (Phi) is 2.20. The maximum Gasteiger partial charge on any atom is 0.134 e. The van der Waals surface area contributed by atoms with Gasteiger partial charge < -0.3 is 10.2 Å². The molecule has 2 aromatic rings. The van der Waals surface area contributed by atoms with E-state index >= 15 is 0 Å². The van der Waals surface area contributed by atoms with Crippen LogP contribution in [-0.4, -0.2) is 0 Å². The third-order valence-corrected chi connectivity index (χ3v) is 2.57. The van der Waals surface area contributed by atoms with Crippen molar-refractivity contribution in [1.29, 1.82) is 0 Å². The van der Waals surface area contributed by atoms with Gasteiger partial charge in [0.1, 0.15) is 11.3 Å². The van der Waals surface area contributed by atoms with Crippen LogP contribution in [0.5, 0.6) is 0 Å². The predicted octanol–water partition coefficient (Wildman–Crippen LogP) is 3.14. The molecule has 0 fully saturated rings. The van der Waals surface area contributed by atoms with Crippen LogP contribution >= 0.6 is 0 Å². The first kappa shape index (κ1) is 9.13. The van der Waals surface area contributed by atoms with E-state index in [0.29, 0.717) is 0 Å². The summed E-state index contributed by atoms with van der Waals surface area (Å²) in [6.45, 7) is 4.26. The Morgan fingerprint density at radius 3 is 2.64 bits per heavy atom. The zero-order valence-corrected chi connectivity index (χ0v) is 8.63.